The highest BCUT2D eigenvalue weighted by molar-refractivity contribution is 5.69. The zero-order chi connectivity index (χ0) is 50.6. The summed E-state index contributed by atoms with van der Waals surface area (Å²) in [4.78, 5) is 11.9. The number of methoxy groups -OCH3 is 3. The van der Waals surface area contributed by atoms with Crippen LogP contribution in [0.4, 0.5) is 0 Å². The maximum Gasteiger partial charge on any atom is 0.305 e. The summed E-state index contributed by atoms with van der Waals surface area (Å²) in [6.07, 6.45) is 25.5. The molecule has 0 aromatic rings. The summed E-state index contributed by atoms with van der Waals surface area (Å²) in [5.41, 5.74) is 1.53. The second kappa shape index (κ2) is 24.5. The van der Waals surface area contributed by atoms with Crippen LogP contribution < -0.4 is 0 Å². The van der Waals surface area contributed by atoms with Gasteiger partial charge in [-0.3, -0.25) is 4.79 Å². The number of carbonyl (C=O) groups excluding carboxylic acids is 1. The number of carbonyl (C=O) groups is 1. The van der Waals surface area contributed by atoms with Crippen LogP contribution in [0.1, 0.15) is 198 Å². The minimum Gasteiger partial charge on any atom is -0.469 e. The third kappa shape index (κ3) is 10.7. The van der Waals surface area contributed by atoms with E-state index in [4.69, 9.17) is 33.2 Å². The Morgan fingerprint density at radius 3 is 1.34 bits per heavy atom. The third-order valence-corrected chi connectivity index (χ3v) is 23.6. The molecule has 6 unspecified atom stereocenters. The topological polar surface area (TPSA) is 102 Å². The Balaban J connectivity index is 0.000000207. The maximum atomic E-state index is 11.9. The Hall–Kier alpha value is -0.810. The van der Waals surface area contributed by atoms with Crippen molar-refractivity contribution in [3.63, 3.8) is 0 Å². The number of esters is 1. The first-order valence-corrected chi connectivity index (χ1v) is 29.7. The molecule has 0 amide bonds. The quantitative estimate of drug-likeness (QED) is 0.0944. The highest BCUT2D eigenvalue weighted by Gasteiger charge is 2.67. The van der Waals surface area contributed by atoms with E-state index in [1.807, 2.05) is 0 Å². The zero-order valence-corrected chi connectivity index (χ0v) is 47.3. The monoisotopic (exact) mass is 985 g/mol. The van der Waals surface area contributed by atoms with Gasteiger partial charge in [-0.1, -0.05) is 68.2 Å². The number of ether oxygens (including phenoxy) is 7. The van der Waals surface area contributed by atoms with Gasteiger partial charge in [0.05, 0.1) is 31.5 Å². The lowest BCUT2D eigenvalue weighted by Gasteiger charge is -2.65. The zero-order valence-electron chi connectivity index (χ0n) is 47.3. The van der Waals surface area contributed by atoms with Gasteiger partial charge in [0.2, 0.25) is 0 Å². The summed E-state index contributed by atoms with van der Waals surface area (Å²) in [7, 11) is 5.04. The van der Waals surface area contributed by atoms with Gasteiger partial charge in [0.1, 0.15) is 13.6 Å². The number of hydrogen-bond acceptors (Lipinski definition) is 9. The van der Waals surface area contributed by atoms with E-state index in [2.05, 4.69) is 69.2 Å². The average molecular weight is 986 g/mol. The standard InChI is InChI=1S/C31H54O5.C30H54O4/c1-8-22-26-18-21(35-9-2)14-16-31(26,5)25-15-17-30(4)23(20(3)10-13-27(32)34-7)11-12-24(30)28(25)29(22)36-19-33-6;1-7-22-26-18-21(33-8-2)13-15-30(26,5)25-14-16-29(4)23(20(3)10-9-17-31)11-12-24(29)27(25)28(22)34-19-32-6/h20-26,28-29H,8-19H2,1-7H3;20-28,31H,7-19H2,1-6H3/t20-,21-,22-,23-,24?,25?,26+,28?,29-,30-,31-;20-,21-,22-,23-,24?,25?,26+,27?,28-,29-,30-/m11/s1. The smallest absolute Gasteiger partial charge is 0.305 e. The van der Waals surface area contributed by atoms with Crippen molar-refractivity contribution in [1.82, 2.24) is 0 Å². The van der Waals surface area contributed by atoms with Crippen LogP contribution in [0.15, 0.2) is 0 Å². The molecule has 0 spiro atoms. The molecule has 9 nitrogen and oxygen atoms in total. The minimum absolute atomic E-state index is 0.0713. The Kier molecular flexibility index (Phi) is 19.9. The van der Waals surface area contributed by atoms with Crippen LogP contribution in [0.2, 0.25) is 0 Å². The predicted molar refractivity (Wildman–Crippen MR) is 280 cm³/mol. The second-order valence-corrected chi connectivity index (χ2v) is 26.1. The lowest BCUT2D eigenvalue weighted by molar-refractivity contribution is -0.236. The molecule has 8 aliphatic carbocycles. The Labute approximate surface area is 428 Å². The summed E-state index contributed by atoms with van der Waals surface area (Å²) in [6.45, 7) is 27.2. The van der Waals surface area contributed by atoms with E-state index >= 15 is 0 Å². The number of aliphatic hydroxyl groups excluding tert-OH is 1. The molecule has 22 atom stereocenters. The summed E-state index contributed by atoms with van der Waals surface area (Å²) < 4.78 is 41.8. The highest BCUT2D eigenvalue weighted by atomic mass is 16.7. The average Bonchev–Trinajstić information content (AvgIpc) is 3.90. The second-order valence-electron chi connectivity index (χ2n) is 26.1. The van der Waals surface area contributed by atoms with Crippen molar-refractivity contribution in [1.29, 1.82) is 0 Å². The van der Waals surface area contributed by atoms with E-state index in [1.165, 1.54) is 110 Å². The van der Waals surface area contributed by atoms with Gasteiger partial charge in [-0.2, -0.15) is 0 Å². The summed E-state index contributed by atoms with van der Waals surface area (Å²) >= 11 is 0. The van der Waals surface area contributed by atoms with Crippen molar-refractivity contribution in [2.45, 2.75) is 222 Å². The van der Waals surface area contributed by atoms with E-state index in [-0.39, 0.29) is 12.1 Å². The predicted octanol–water partition coefficient (Wildman–Crippen LogP) is 13.6. The highest BCUT2D eigenvalue weighted by Crippen LogP contribution is 2.72. The van der Waals surface area contributed by atoms with Crippen molar-refractivity contribution in [2.24, 2.45) is 105 Å². The summed E-state index contributed by atoms with van der Waals surface area (Å²) in [6, 6.07) is 0. The number of hydrogen-bond donors (Lipinski definition) is 1. The lowest BCUT2D eigenvalue weighted by Crippen LogP contribution is -2.62. The Morgan fingerprint density at radius 1 is 0.543 bits per heavy atom. The molecule has 8 fully saturated rings. The third-order valence-electron chi connectivity index (χ3n) is 23.6. The van der Waals surface area contributed by atoms with Crippen LogP contribution in [0.25, 0.3) is 0 Å². The molecule has 8 saturated carbocycles. The van der Waals surface area contributed by atoms with Crippen LogP contribution in [0.5, 0.6) is 0 Å². The van der Waals surface area contributed by atoms with Crippen molar-refractivity contribution in [3.05, 3.63) is 0 Å². The van der Waals surface area contributed by atoms with Crippen molar-refractivity contribution >= 4 is 5.97 Å². The summed E-state index contributed by atoms with van der Waals surface area (Å²) in [5.74, 6) is 9.33. The van der Waals surface area contributed by atoms with E-state index in [9.17, 15) is 9.90 Å². The van der Waals surface area contributed by atoms with E-state index in [1.54, 1.807) is 14.2 Å². The molecule has 0 aromatic carbocycles. The Morgan fingerprint density at radius 2 is 0.957 bits per heavy atom. The normalized spacial score (nSPS) is 45.9. The van der Waals surface area contributed by atoms with Crippen molar-refractivity contribution in [3.8, 4) is 0 Å². The summed E-state index contributed by atoms with van der Waals surface area (Å²) in [5, 5.41) is 9.44. The maximum absolute atomic E-state index is 11.9. The molecule has 0 bridgehead atoms. The van der Waals surface area contributed by atoms with Gasteiger partial charge in [0.15, 0.2) is 0 Å². The molecule has 0 saturated heterocycles. The molecule has 0 aliphatic heterocycles. The van der Waals surface area contributed by atoms with Gasteiger partial charge in [0.25, 0.3) is 0 Å². The lowest BCUT2D eigenvalue weighted by atomic mass is 9.41. The van der Waals surface area contributed by atoms with Gasteiger partial charge in [-0.05, 0) is 228 Å². The molecule has 0 heterocycles. The van der Waals surface area contributed by atoms with Gasteiger partial charge in [-0.25, -0.2) is 0 Å². The largest absolute Gasteiger partial charge is 0.469 e. The first-order valence-electron chi connectivity index (χ1n) is 29.7. The van der Waals surface area contributed by atoms with Crippen molar-refractivity contribution in [2.75, 3.05) is 54.7 Å². The number of fused-ring (bicyclic) bond motifs is 10. The fraction of sp³-hybridized carbons (Fsp3) is 0.984. The van der Waals surface area contributed by atoms with Gasteiger partial charge < -0.3 is 38.3 Å². The molecule has 70 heavy (non-hydrogen) atoms. The molecule has 1 N–H and O–H groups in total. The van der Waals surface area contributed by atoms with E-state index < -0.39 is 0 Å². The van der Waals surface area contributed by atoms with Crippen LogP contribution in [-0.2, 0) is 38.0 Å². The van der Waals surface area contributed by atoms with Gasteiger partial charge in [0, 0.05) is 40.5 Å². The molecule has 9 heteroatoms. The first-order chi connectivity index (χ1) is 33.6. The fourth-order valence-corrected chi connectivity index (χ4v) is 20.6. The van der Waals surface area contributed by atoms with Gasteiger partial charge >= 0.3 is 5.97 Å². The SMILES string of the molecule is CCO[C@@H]1CC[C@]2(C)C3CC[C@@]4(C)C(CC[C@@H]4[C@H](C)CCC(=O)OC)C3[C@H](OCOC)[C@H](CC)[C@@H]2C1.CCO[C@@H]1CC[C@]2(C)C3CC[C@@]4(C)C(CC[C@@H]4[C@H](C)CCCO)C3[C@H](OCOC)[C@H](CC)[C@@H]2C1. The van der Waals surface area contributed by atoms with Gasteiger partial charge in [-0.15, -0.1) is 0 Å². The van der Waals surface area contributed by atoms with E-state index in [0.717, 1.165) is 56.1 Å². The molecule has 8 aliphatic rings. The number of aliphatic hydroxyl groups is 1. The minimum atomic E-state index is -0.0713. The first kappa shape index (κ1) is 56.9. The molecule has 8 rings (SSSR count). The van der Waals surface area contributed by atoms with E-state index in [0.29, 0.717) is 126 Å². The molecular formula is C61H108O9. The van der Waals surface area contributed by atoms with Crippen LogP contribution in [0, 0.1) is 105 Å². The molecular weight excluding hydrogens is 877 g/mol. The van der Waals surface area contributed by atoms with Crippen LogP contribution in [0.3, 0.4) is 0 Å². The van der Waals surface area contributed by atoms with Crippen LogP contribution >= 0.6 is 0 Å². The fourth-order valence-electron chi connectivity index (χ4n) is 20.6. The van der Waals surface area contributed by atoms with Crippen LogP contribution in [-0.4, -0.2) is 90.2 Å². The number of rotatable bonds is 20. The molecule has 0 aromatic heterocycles. The van der Waals surface area contributed by atoms with Crippen molar-refractivity contribution < 1.29 is 43.1 Å². The molecule has 0 radical (unpaired) electrons. The Bertz CT molecular complexity index is 1630. The molecule has 406 valence electrons.